The molecule has 0 aromatic heterocycles. The Morgan fingerprint density at radius 3 is 1.36 bits per heavy atom. The van der Waals surface area contributed by atoms with Gasteiger partial charge in [0.2, 0.25) is 0 Å². The van der Waals surface area contributed by atoms with Crippen molar-refractivity contribution in [3.8, 4) is 0 Å². The molecule has 0 aliphatic rings. The zero-order chi connectivity index (χ0) is 32.2. The van der Waals surface area contributed by atoms with Gasteiger partial charge in [-0.25, -0.2) is 0 Å². The van der Waals surface area contributed by atoms with Gasteiger partial charge in [-0.15, -0.1) is 0 Å². The predicted molar refractivity (Wildman–Crippen MR) is 187 cm³/mol. The van der Waals surface area contributed by atoms with Crippen LogP contribution in [0.5, 0.6) is 0 Å². The van der Waals surface area contributed by atoms with Crippen LogP contribution < -0.4 is 0 Å². The van der Waals surface area contributed by atoms with Crippen LogP contribution in [0.4, 0.5) is 0 Å². The molecule has 5 heteroatoms. The molecule has 0 unspecified atom stereocenters. The van der Waals surface area contributed by atoms with Crippen molar-refractivity contribution in [2.75, 3.05) is 13.2 Å². The molecule has 44 heavy (non-hydrogen) atoms. The highest BCUT2D eigenvalue weighted by molar-refractivity contribution is 5.70. The van der Waals surface area contributed by atoms with Crippen LogP contribution in [0.25, 0.3) is 0 Å². The summed E-state index contributed by atoms with van der Waals surface area (Å²) in [5.41, 5.74) is 0. The number of esters is 2. The summed E-state index contributed by atoms with van der Waals surface area (Å²) >= 11 is 0. The van der Waals surface area contributed by atoms with Gasteiger partial charge in [-0.3, -0.25) is 9.59 Å². The molecule has 0 heterocycles. The van der Waals surface area contributed by atoms with Gasteiger partial charge in [0.1, 0.15) is 6.61 Å². The lowest BCUT2D eigenvalue weighted by Crippen LogP contribution is -2.28. The summed E-state index contributed by atoms with van der Waals surface area (Å²) in [5.74, 6) is -0.644. The fourth-order valence-electron chi connectivity index (χ4n) is 5.34. The maximum atomic E-state index is 12.0. The first kappa shape index (κ1) is 42.4. The van der Waals surface area contributed by atoms with E-state index >= 15 is 0 Å². The van der Waals surface area contributed by atoms with Gasteiger partial charge in [0, 0.05) is 12.8 Å². The molecular weight excluding hydrogens is 548 g/mol. The Kier molecular flexibility index (Phi) is 34.5. The van der Waals surface area contributed by atoms with E-state index in [9.17, 15) is 14.7 Å². The number of hydrogen-bond acceptors (Lipinski definition) is 5. The molecule has 1 N–H and O–H groups in total. The summed E-state index contributed by atoms with van der Waals surface area (Å²) < 4.78 is 10.5. The molecule has 258 valence electrons. The molecule has 0 saturated carbocycles. The van der Waals surface area contributed by atoms with Gasteiger partial charge in [0.15, 0.2) is 6.10 Å². The number of aliphatic hydroxyl groups is 1. The monoisotopic (exact) mass is 621 g/mol. The van der Waals surface area contributed by atoms with Crippen molar-refractivity contribution in [3.05, 3.63) is 24.3 Å². The van der Waals surface area contributed by atoms with E-state index in [1.54, 1.807) is 0 Å². The third kappa shape index (κ3) is 33.3. The Balaban J connectivity index is 3.53. The second-order valence-electron chi connectivity index (χ2n) is 12.6. The zero-order valence-corrected chi connectivity index (χ0v) is 29.2. The summed E-state index contributed by atoms with van der Waals surface area (Å²) in [7, 11) is 0. The third-order valence-electron chi connectivity index (χ3n) is 8.23. The van der Waals surface area contributed by atoms with Crippen LogP contribution in [0.2, 0.25) is 0 Å². The van der Waals surface area contributed by atoms with Crippen LogP contribution in [0.15, 0.2) is 24.3 Å². The first-order valence-electron chi connectivity index (χ1n) is 18.9. The quantitative estimate of drug-likeness (QED) is 0.0440. The smallest absolute Gasteiger partial charge is 0.306 e. The highest BCUT2D eigenvalue weighted by Gasteiger charge is 2.16. The Labute approximate surface area is 273 Å². The normalized spacial score (nSPS) is 12.3. The lowest BCUT2D eigenvalue weighted by atomic mass is 10.0. The highest BCUT2D eigenvalue weighted by atomic mass is 16.6. The summed E-state index contributed by atoms with van der Waals surface area (Å²) in [5, 5.41) is 9.46. The Hall–Kier alpha value is -1.62. The van der Waals surface area contributed by atoms with Crippen LogP contribution in [-0.2, 0) is 19.1 Å². The average Bonchev–Trinajstić information content (AvgIpc) is 3.02. The predicted octanol–water partition coefficient (Wildman–Crippen LogP) is 11.5. The van der Waals surface area contributed by atoms with E-state index in [2.05, 4.69) is 38.2 Å². The van der Waals surface area contributed by atoms with Crippen molar-refractivity contribution < 1.29 is 24.2 Å². The van der Waals surface area contributed by atoms with E-state index in [-0.39, 0.29) is 25.2 Å². The summed E-state index contributed by atoms with van der Waals surface area (Å²) in [6.07, 6.45) is 41.3. The standard InChI is InChI=1S/C39H72O5/c1-3-5-7-9-11-12-13-14-15-16-17-18-19-20-21-22-23-24-25-26-28-29-31-33-38(41)43-36-37(35-40)44-39(42)34-32-30-27-10-8-6-4-2/h22-23,26,28,37,40H,3-21,24-25,27,29-36H2,1-2H3/b23-22+,28-26+/t37-/m0/s1. The zero-order valence-electron chi connectivity index (χ0n) is 29.2. The number of allylic oxidation sites excluding steroid dienone is 4. The molecule has 0 radical (unpaired) electrons. The molecule has 5 nitrogen and oxygen atoms in total. The Morgan fingerprint density at radius 1 is 0.500 bits per heavy atom. The van der Waals surface area contributed by atoms with E-state index in [0.717, 1.165) is 44.9 Å². The van der Waals surface area contributed by atoms with Crippen LogP contribution in [0.1, 0.15) is 194 Å². The van der Waals surface area contributed by atoms with Crippen molar-refractivity contribution in [2.24, 2.45) is 0 Å². The average molecular weight is 621 g/mol. The molecule has 0 aromatic rings. The maximum Gasteiger partial charge on any atom is 0.306 e. The SMILES string of the molecule is CCCCCCCCCCCCCCCC/C=C/CC/C=C/CCCC(=O)OC[C@H](CO)OC(=O)CCCCCCCCC. The van der Waals surface area contributed by atoms with Crippen LogP contribution >= 0.6 is 0 Å². The van der Waals surface area contributed by atoms with E-state index in [1.807, 2.05) is 0 Å². The van der Waals surface area contributed by atoms with Gasteiger partial charge < -0.3 is 14.6 Å². The van der Waals surface area contributed by atoms with E-state index in [1.165, 1.54) is 122 Å². The largest absolute Gasteiger partial charge is 0.462 e. The topological polar surface area (TPSA) is 72.8 Å². The minimum absolute atomic E-state index is 0.0837. The lowest BCUT2D eigenvalue weighted by molar-refractivity contribution is -0.161. The van der Waals surface area contributed by atoms with Crippen molar-refractivity contribution in [1.29, 1.82) is 0 Å². The van der Waals surface area contributed by atoms with E-state index in [4.69, 9.17) is 9.47 Å². The fourth-order valence-corrected chi connectivity index (χ4v) is 5.34. The molecule has 0 aliphatic carbocycles. The Bertz CT molecular complexity index is 671. The van der Waals surface area contributed by atoms with Crippen LogP contribution in [-0.4, -0.2) is 36.4 Å². The minimum Gasteiger partial charge on any atom is -0.462 e. The van der Waals surface area contributed by atoms with Gasteiger partial charge in [0.05, 0.1) is 6.61 Å². The van der Waals surface area contributed by atoms with Crippen molar-refractivity contribution >= 4 is 11.9 Å². The first-order chi connectivity index (χ1) is 21.6. The van der Waals surface area contributed by atoms with E-state index in [0.29, 0.717) is 12.8 Å². The minimum atomic E-state index is -0.779. The van der Waals surface area contributed by atoms with Crippen LogP contribution in [0, 0.1) is 0 Å². The van der Waals surface area contributed by atoms with E-state index < -0.39 is 6.10 Å². The first-order valence-corrected chi connectivity index (χ1v) is 18.9. The van der Waals surface area contributed by atoms with Gasteiger partial charge in [0.25, 0.3) is 0 Å². The van der Waals surface area contributed by atoms with Crippen molar-refractivity contribution in [2.45, 2.75) is 200 Å². The second kappa shape index (κ2) is 35.9. The van der Waals surface area contributed by atoms with Gasteiger partial charge in [-0.2, -0.15) is 0 Å². The molecule has 0 bridgehead atoms. The lowest BCUT2D eigenvalue weighted by Gasteiger charge is -2.15. The summed E-state index contributed by atoms with van der Waals surface area (Å²) in [4.78, 5) is 24.0. The molecule has 0 fully saturated rings. The number of hydrogen-bond donors (Lipinski definition) is 1. The van der Waals surface area contributed by atoms with Crippen molar-refractivity contribution in [1.82, 2.24) is 0 Å². The highest BCUT2D eigenvalue weighted by Crippen LogP contribution is 2.14. The third-order valence-corrected chi connectivity index (χ3v) is 8.23. The second-order valence-corrected chi connectivity index (χ2v) is 12.6. The molecule has 0 spiro atoms. The van der Waals surface area contributed by atoms with Crippen molar-refractivity contribution in [3.63, 3.8) is 0 Å². The van der Waals surface area contributed by atoms with Gasteiger partial charge >= 0.3 is 11.9 Å². The molecule has 0 amide bonds. The maximum absolute atomic E-state index is 12.0. The number of aliphatic hydroxyl groups excluding tert-OH is 1. The summed E-state index contributed by atoms with van der Waals surface area (Å²) in [6, 6.07) is 0. The molecular formula is C39H72O5. The summed E-state index contributed by atoms with van der Waals surface area (Å²) in [6.45, 7) is 4.06. The molecule has 0 rings (SSSR count). The van der Waals surface area contributed by atoms with Crippen LogP contribution in [0.3, 0.4) is 0 Å². The number of carbonyl (C=O) groups excluding carboxylic acids is 2. The van der Waals surface area contributed by atoms with Gasteiger partial charge in [-0.05, 0) is 44.9 Å². The Morgan fingerprint density at radius 2 is 0.886 bits per heavy atom. The molecule has 1 atom stereocenters. The van der Waals surface area contributed by atoms with Gasteiger partial charge in [-0.1, -0.05) is 160 Å². The number of rotatable bonds is 34. The fraction of sp³-hybridized carbons (Fsp3) is 0.846. The molecule has 0 saturated heterocycles. The number of unbranched alkanes of at least 4 members (excludes halogenated alkanes) is 22. The molecule has 0 aromatic carbocycles. The molecule has 0 aliphatic heterocycles. The number of ether oxygens (including phenoxy) is 2. The number of carbonyl (C=O) groups is 2.